The van der Waals surface area contributed by atoms with Crippen molar-refractivity contribution in [3.05, 3.63) is 45.4 Å². The van der Waals surface area contributed by atoms with Crippen molar-refractivity contribution in [1.82, 2.24) is 14.8 Å². The number of hydrogen-bond donors (Lipinski definition) is 0. The van der Waals surface area contributed by atoms with Crippen molar-refractivity contribution in [2.45, 2.75) is 38.6 Å². The summed E-state index contributed by atoms with van der Waals surface area (Å²) < 4.78 is 1.82. The number of aryl methyl sites for hydroxylation is 1. The standard InChI is InChI=1S/C14H16Cl3N3/c1-2-3-10(4-5-20-9-18-8-19-20)12-6-11(15)7-13(16)14(12)17/h6-10H,2-5H2,1H3. The molecule has 0 bridgehead atoms. The van der Waals surface area contributed by atoms with Crippen LogP contribution in [0.2, 0.25) is 15.1 Å². The maximum Gasteiger partial charge on any atom is 0.137 e. The molecule has 0 spiro atoms. The van der Waals surface area contributed by atoms with Crippen LogP contribution in [0, 0.1) is 0 Å². The van der Waals surface area contributed by atoms with Gasteiger partial charge in [-0.3, -0.25) is 4.68 Å². The summed E-state index contributed by atoms with van der Waals surface area (Å²) in [5, 5.41) is 5.86. The lowest BCUT2D eigenvalue weighted by Crippen LogP contribution is -2.07. The van der Waals surface area contributed by atoms with Gasteiger partial charge in [-0.25, -0.2) is 4.98 Å². The van der Waals surface area contributed by atoms with Gasteiger partial charge in [0, 0.05) is 11.6 Å². The van der Waals surface area contributed by atoms with E-state index in [1.165, 1.54) is 6.33 Å². The zero-order valence-corrected chi connectivity index (χ0v) is 13.5. The second kappa shape index (κ2) is 7.30. The Morgan fingerprint density at radius 1 is 1.20 bits per heavy atom. The molecule has 0 N–H and O–H groups in total. The van der Waals surface area contributed by atoms with Crippen LogP contribution >= 0.6 is 34.8 Å². The molecule has 0 saturated carbocycles. The van der Waals surface area contributed by atoms with Crippen molar-refractivity contribution in [2.24, 2.45) is 0 Å². The van der Waals surface area contributed by atoms with E-state index in [4.69, 9.17) is 34.8 Å². The summed E-state index contributed by atoms with van der Waals surface area (Å²) in [5.74, 6) is 0.313. The van der Waals surface area contributed by atoms with Crippen LogP contribution in [0.25, 0.3) is 0 Å². The largest absolute Gasteiger partial charge is 0.253 e. The summed E-state index contributed by atoms with van der Waals surface area (Å²) >= 11 is 18.5. The lowest BCUT2D eigenvalue weighted by molar-refractivity contribution is 0.488. The fraction of sp³-hybridized carbons (Fsp3) is 0.429. The molecule has 20 heavy (non-hydrogen) atoms. The van der Waals surface area contributed by atoms with Crippen LogP contribution in [0.3, 0.4) is 0 Å². The highest BCUT2D eigenvalue weighted by atomic mass is 35.5. The summed E-state index contributed by atoms with van der Waals surface area (Å²) in [7, 11) is 0. The van der Waals surface area contributed by atoms with Gasteiger partial charge in [0.25, 0.3) is 0 Å². The highest BCUT2D eigenvalue weighted by Gasteiger charge is 2.17. The average molecular weight is 333 g/mol. The Morgan fingerprint density at radius 2 is 2.00 bits per heavy atom. The Labute approximate surface area is 133 Å². The van der Waals surface area contributed by atoms with Crippen molar-refractivity contribution in [3.8, 4) is 0 Å². The van der Waals surface area contributed by atoms with Gasteiger partial charge in [0.05, 0.1) is 10.0 Å². The van der Waals surface area contributed by atoms with Crippen LogP contribution in [0.5, 0.6) is 0 Å². The van der Waals surface area contributed by atoms with Crippen molar-refractivity contribution in [1.29, 1.82) is 0 Å². The molecule has 108 valence electrons. The summed E-state index contributed by atoms with van der Waals surface area (Å²) in [6.07, 6.45) is 6.29. The molecule has 0 aliphatic rings. The third-order valence-electron chi connectivity index (χ3n) is 3.27. The predicted molar refractivity (Wildman–Crippen MR) is 83.8 cm³/mol. The van der Waals surface area contributed by atoms with Gasteiger partial charge in [-0.15, -0.1) is 0 Å². The molecule has 3 nitrogen and oxygen atoms in total. The number of rotatable bonds is 6. The molecular formula is C14H16Cl3N3. The van der Waals surface area contributed by atoms with Crippen molar-refractivity contribution < 1.29 is 0 Å². The van der Waals surface area contributed by atoms with Crippen molar-refractivity contribution >= 4 is 34.8 Å². The van der Waals surface area contributed by atoms with Gasteiger partial charge in [0.15, 0.2) is 0 Å². The lowest BCUT2D eigenvalue weighted by Gasteiger charge is -2.19. The Morgan fingerprint density at radius 3 is 2.65 bits per heavy atom. The third kappa shape index (κ3) is 3.87. The van der Waals surface area contributed by atoms with Crippen LogP contribution in [-0.4, -0.2) is 14.8 Å². The molecule has 2 rings (SSSR count). The van der Waals surface area contributed by atoms with E-state index in [0.717, 1.165) is 31.4 Å². The second-order valence-electron chi connectivity index (χ2n) is 4.72. The first-order chi connectivity index (χ1) is 9.61. The van der Waals surface area contributed by atoms with E-state index in [1.807, 2.05) is 10.7 Å². The van der Waals surface area contributed by atoms with Gasteiger partial charge in [-0.05, 0) is 36.5 Å². The normalized spacial score (nSPS) is 12.6. The van der Waals surface area contributed by atoms with Crippen LogP contribution in [0.1, 0.15) is 37.7 Å². The predicted octanol–water partition coefficient (Wildman–Crippen LogP) is 5.21. The first kappa shape index (κ1) is 15.6. The summed E-state index contributed by atoms with van der Waals surface area (Å²) in [5.41, 5.74) is 1.02. The maximum absolute atomic E-state index is 6.33. The van der Waals surface area contributed by atoms with E-state index in [2.05, 4.69) is 17.0 Å². The molecule has 1 unspecified atom stereocenters. The minimum Gasteiger partial charge on any atom is -0.253 e. The molecule has 0 aliphatic heterocycles. The topological polar surface area (TPSA) is 30.7 Å². The van der Waals surface area contributed by atoms with E-state index in [0.29, 0.717) is 21.0 Å². The highest BCUT2D eigenvalue weighted by Crippen LogP contribution is 2.37. The number of nitrogens with zero attached hydrogens (tertiary/aromatic N) is 3. The first-order valence-corrected chi connectivity index (χ1v) is 7.72. The van der Waals surface area contributed by atoms with Gasteiger partial charge < -0.3 is 0 Å². The molecule has 0 saturated heterocycles. The monoisotopic (exact) mass is 331 g/mol. The summed E-state index contributed by atoms with van der Waals surface area (Å²) in [4.78, 5) is 3.95. The number of benzene rings is 1. The fourth-order valence-electron chi connectivity index (χ4n) is 2.31. The van der Waals surface area contributed by atoms with Crippen molar-refractivity contribution in [3.63, 3.8) is 0 Å². The minimum absolute atomic E-state index is 0.313. The number of aromatic nitrogens is 3. The highest BCUT2D eigenvalue weighted by molar-refractivity contribution is 6.43. The Balaban J connectivity index is 2.19. The van der Waals surface area contributed by atoms with E-state index in [9.17, 15) is 0 Å². The van der Waals surface area contributed by atoms with E-state index in [-0.39, 0.29) is 0 Å². The average Bonchev–Trinajstić information content (AvgIpc) is 2.92. The van der Waals surface area contributed by atoms with Crippen LogP contribution in [0.15, 0.2) is 24.8 Å². The molecule has 1 aromatic heterocycles. The number of halogens is 3. The van der Waals surface area contributed by atoms with Crippen molar-refractivity contribution in [2.75, 3.05) is 0 Å². The first-order valence-electron chi connectivity index (χ1n) is 6.58. The van der Waals surface area contributed by atoms with E-state index < -0.39 is 0 Å². The Bertz CT molecular complexity index is 555. The zero-order valence-electron chi connectivity index (χ0n) is 11.2. The molecular weight excluding hydrogens is 317 g/mol. The van der Waals surface area contributed by atoms with Gasteiger partial charge in [0.1, 0.15) is 12.7 Å². The summed E-state index contributed by atoms with van der Waals surface area (Å²) in [6.45, 7) is 2.95. The van der Waals surface area contributed by atoms with E-state index in [1.54, 1.807) is 12.4 Å². The molecule has 1 heterocycles. The maximum atomic E-state index is 6.33. The number of hydrogen-bond acceptors (Lipinski definition) is 2. The molecule has 1 atom stereocenters. The SMILES string of the molecule is CCCC(CCn1cncn1)c1cc(Cl)cc(Cl)c1Cl. The molecule has 0 radical (unpaired) electrons. The van der Waals surface area contributed by atoms with Crippen LogP contribution in [-0.2, 0) is 6.54 Å². The van der Waals surface area contributed by atoms with E-state index >= 15 is 0 Å². The molecule has 2 aromatic rings. The molecule has 0 aliphatic carbocycles. The molecule has 0 fully saturated rings. The minimum atomic E-state index is 0.313. The van der Waals surface area contributed by atoms with Gasteiger partial charge in [-0.1, -0.05) is 48.1 Å². The smallest absolute Gasteiger partial charge is 0.137 e. The van der Waals surface area contributed by atoms with Gasteiger partial charge in [0.2, 0.25) is 0 Å². The third-order valence-corrected chi connectivity index (χ3v) is 4.31. The van der Waals surface area contributed by atoms with Gasteiger partial charge in [-0.2, -0.15) is 5.10 Å². The molecule has 0 amide bonds. The quantitative estimate of drug-likeness (QED) is 0.680. The van der Waals surface area contributed by atoms with Gasteiger partial charge >= 0.3 is 0 Å². The lowest BCUT2D eigenvalue weighted by atomic mass is 9.91. The molecule has 6 heteroatoms. The Hall–Kier alpha value is -0.770. The summed E-state index contributed by atoms with van der Waals surface area (Å²) in [6, 6.07) is 3.59. The molecule has 1 aromatic carbocycles. The second-order valence-corrected chi connectivity index (χ2v) is 5.95. The fourth-order valence-corrected chi connectivity index (χ4v) is 3.09. The van der Waals surface area contributed by atoms with Crippen LogP contribution in [0.4, 0.5) is 0 Å². The zero-order chi connectivity index (χ0) is 14.5. The Kier molecular flexibility index (Phi) is 5.70. The van der Waals surface area contributed by atoms with Crippen LogP contribution < -0.4 is 0 Å².